The molecule has 0 aromatic rings. The van der Waals surface area contributed by atoms with Gasteiger partial charge < -0.3 is 14.2 Å². The third-order valence-corrected chi connectivity index (χ3v) is 14.7. The van der Waals surface area contributed by atoms with E-state index in [1.807, 2.05) is 0 Å². The largest absolute Gasteiger partial charge is 0.462 e. The Balaban J connectivity index is 4.33. The maximum atomic E-state index is 12.9. The molecular weight excluding hydrogens is 997 g/mol. The lowest BCUT2D eigenvalue weighted by Gasteiger charge is -2.18. The lowest BCUT2D eigenvalue weighted by molar-refractivity contribution is -0.167. The van der Waals surface area contributed by atoms with E-state index in [1.54, 1.807) is 0 Å². The molecule has 0 spiro atoms. The van der Waals surface area contributed by atoms with E-state index >= 15 is 0 Å². The summed E-state index contributed by atoms with van der Waals surface area (Å²) in [6.07, 6.45) is 93.9. The number of carbonyl (C=O) groups is 3. The molecule has 81 heavy (non-hydrogen) atoms. The molecule has 0 aromatic carbocycles. The third-order valence-electron chi connectivity index (χ3n) is 14.7. The van der Waals surface area contributed by atoms with Crippen LogP contribution in [-0.4, -0.2) is 37.2 Å². The molecule has 0 aliphatic rings. The molecular formula is C75H128O6. The molecule has 0 rings (SSSR count). The quantitative estimate of drug-likeness (QED) is 0.0261. The summed E-state index contributed by atoms with van der Waals surface area (Å²) in [7, 11) is 0. The van der Waals surface area contributed by atoms with Crippen LogP contribution in [0.4, 0.5) is 0 Å². The van der Waals surface area contributed by atoms with Crippen molar-refractivity contribution in [3.05, 3.63) is 109 Å². The van der Waals surface area contributed by atoms with Gasteiger partial charge in [-0.1, -0.05) is 291 Å². The van der Waals surface area contributed by atoms with E-state index in [1.165, 1.54) is 173 Å². The van der Waals surface area contributed by atoms with Gasteiger partial charge in [-0.2, -0.15) is 0 Å². The predicted octanol–water partition coefficient (Wildman–Crippen LogP) is 23.8. The SMILES string of the molecule is CC/C=C\C/C=C\C/C=C\C/C=C\C/C=C\CCCCCCCCCC(=O)OC(COC(=O)CCCCCCC/C=C\CCCCCC)COC(=O)CCCCCCCCCCCCCC/C=C\C/C=C\C/C=C\CCCCCCC. The summed E-state index contributed by atoms with van der Waals surface area (Å²) >= 11 is 0. The van der Waals surface area contributed by atoms with Gasteiger partial charge in [-0.3, -0.25) is 14.4 Å². The number of hydrogen-bond donors (Lipinski definition) is 0. The maximum Gasteiger partial charge on any atom is 0.306 e. The normalized spacial score (nSPS) is 12.8. The lowest BCUT2D eigenvalue weighted by atomic mass is 10.0. The summed E-state index contributed by atoms with van der Waals surface area (Å²) in [5.41, 5.74) is 0. The van der Waals surface area contributed by atoms with Crippen molar-refractivity contribution in [1.82, 2.24) is 0 Å². The fourth-order valence-electron chi connectivity index (χ4n) is 9.59. The van der Waals surface area contributed by atoms with E-state index in [-0.39, 0.29) is 31.1 Å². The fraction of sp³-hybridized carbons (Fsp3) is 0.720. The minimum atomic E-state index is -0.791. The second kappa shape index (κ2) is 68.6. The van der Waals surface area contributed by atoms with Gasteiger partial charge in [0.1, 0.15) is 13.2 Å². The van der Waals surface area contributed by atoms with Crippen molar-refractivity contribution in [2.24, 2.45) is 0 Å². The van der Waals surface area contributed by atoms with Crippen LogP contribution in [0.25, 0.3) is 0 Å². The molecule has 0 saturated carbocycles. The highest BCUT2D eigenvalue weighted by atomic mass is 16.6. The van der Waals surface area contributed by atoms with Crippen LogP contribution in [-0.2, 0) is 28.6 Å². The van der Waals surface area contributed by atoms with E-state index in [9.17, 15) is 14.4 Å². The molecule has 0 aliphatic heterocycles. The molecule has 6 nitrogen and oxygen atoms in total. The Bertz CT molecular complexity index is 1620. The second-order valence-electron chi connectivity index (χ2n) is 22.7. The average Bonchev–Trinajstić information content (AvgIpc) is 3.46. The summed E-state index contributed by atoms with van der Waals surface area (Å²) in [6.45, 7) is 6.51. The van der Waals surface area contributed by atoms with Gasteiger partial charge in [0.2, 0.25) is 0 Å². The van der Waals surface area contributed by atoms with E-state index in [0.717, 1.165) is 116 Å². The molecule has 0 amide bonds. The number of esters is 3. The first-order valence-electron chi connectivity index (χ1n) is 34.4. The Morgan fingerprint density at radius 2 is 0.481 bits per heavy atom. The van der Waals surface area contributed by atoms with Crippen molar-refractivity contribution in [3.63, 3.8) is 0 Å². The zero-order valence-electron chi connectivity index (χ0n) is 53.3. The average molecular weight is 1130 g/mol. The lowest BCUT2D eigenvalue weighted by Crippen LogP contribution is -2.30. The monoisotopic (exact) mass is 1120 g/mol. The van der Waals surface area contributed by atoms with Crippen LogP contribution >= 0.6 is 0 Å². The molecule has 0 radical (unpaired) electrons. The van der Waals surface area contributed by atoms with Gasteiger partial charge in [-0.15, -0.1) is 0 Å². The molecule has 0 saturated heterocycles. The van der Waals surface area contributed by atoms with Gasteiger partial charge in [0.25, 0.3) is 0 Å². The van der Waals surface area contributed by atoms with Crippen molar-refractivity contribution in [2.45, 2.75) is 335 Å². The van der Waals surface area contributed by atoms with Crippen LogP contribution in [0.1, 0.15) is 329 Å². The summed E-state index contributed by atoms with van der Waals surface area (Å²) in [5, 5.41) is 0. The Kier molecular flexibility index (Phi) is 65.2. The minimum absolute atomic E-state index is 0.0860. The third kappa shape index (κ3) is 66.8. The highest BCUT2D eigenvalue weighted by molar-refractivity contribution is 5.71. The van der Waals surface area contributed by atoms with Gasteiger partial charge in [-0.25, -0.2) is 0 Å². The number of rotatable bonds is 62. The molecule has 0 N–H and O–H groups in total. The smallest absolute Gasteiger partial charge is 0.306 e. The van der Waals surface area contributed by atoms with Crippen LogP contribution in [0.5, 0.6) is 0 Å². The molecule has 0 fully saturated rings. The van der Waals surface area contributed by atoms with Crippen LogP contribution in [0, 0.1) is 0 Å². The van der Waals surface area contributed by atoms with Crippen molar-refractivity contribution < 1.29 is 28.6 Å². The first kappa shape index (κ1) is 77.1. The van der Waals surface area contributed by atoms with E-state index in [4.69, 9.17) is 14.2 Å². The number of allylic oxidation sites excluding steroid dienone is 18. The number of hydrogen-bond acceptors (Lipinski definition) is 6. The van der Waals surface area contributed by atoms with Crippen LogP contribution in [0.15, 0.2) is 109 Å². The molecule has 6 heteroatoms. The van der Waals surface area contributed by atoms with E-state index in [2.05, 4.69) is 130 Å². The summed E-state index contributed by atoms with van der Waals surface area (Å²) in [6, 6.07) is 0. The summed E-state index contributed by atoms with van der Waals surface area (Å²) in [4.78, 5) is 38.4. The predicted molar refractivity (Wildman–Crippen MR) is 353 cm³/mol. The molecule has 0 bridgehead atoms. The minimum Gasteiger partial charge on any atom is -0.462 e. The Hall–Kier alpha value is -3.93. The number of ether oxygens (including phenoxy) is 3. The molecule has 464 valence electrons. The van der Waals surface area contributed by atoms with Gasteiger partial charge >= 0.3 is 17.9 Å². The summed E-state index contributed by atoms with van der Waals surface area (Å²) < 4.78 is 17.0. The van der Waals surface area contributed by atoms with Gasteiger partial charge in [-0.05, 0) is 128 Å². The van der Waals surface area contributed by atoms with E-state index < -0.39 is 6.10 Å². The maximum absolute atomic E-state index is 12.9. The first-order valence-corrected chi connectivity index (χ1v) is 34.4. The molecule has 0 heterocycles. The molecule has 0 aliphatic carbocycles. The van der Waals surface area contributed by atoms with Crippen LogP contribution < -0.4 is 0 Å². The van der Waals surface area contributed by atoms with Crippen molar-refractivity contribution >= 4 is 17.9 Å². The summed E-state index contributed by atoms with van der Waals surface area (Å²) in [5.74, 6) is -0.898. The van der Waals surface area contributed by atoms with Crippen molar-refractivity contribution in [1.29, 1.82) is 0 Å². The highest BCUT2D eigenvalue weighted by Gasteiger charge is 2.19. The fourth-order valence-corrected chi connectivity index (χ4v) is 9.59. The van der Waals surface area contributed by atoms with Crippen molar-refractivity contribution in [2.75, 3.05) is 13.2 Å². The number of carbonyl (C=O) groups excluding carboxylic acids is 3. The second-order valence-corrected chi connectivity index (χ2v) is 22.7. The Labute approximate surface area is 501 Å². The first-order chi connectivity index (χ1) is 40.0. The zero-order valence-corrected chi connectivity index (χ0v) is 53.3. The van der Waals surface area contributed by atoms with Crippen LogP contribution in [0.2, 0.25) is 0 Å². The standard InChI is InChI=1S/C75H128O6/c1-4-7-10-13-16-19-22-25-27-29-31-33-35-36-37-38-40-41-43-45-47-50-53-56-59-62-65-68-74(77)80-71-72(70-79-73(76)67-64-61-58-55-52-49-24-21-18-15-12-9-6-3)81-75(78)69-66-63-60-57-54-51-48-46-44-42-39-34-32-30-28-26-23-20-17-14-11-8-5-2/h8,11,17,20-22,24-26,28-29,31-32,34-36,42,44,72H,4-7,9-10,12-16,18-19,23,27,30,33,37-41,43,45-71H2,1-3H3/b11-8-,20-17-,24-21-,25-22-,28-26-,31-29-,34-32-,36-35-,44-42-. The number of unbranched alkanes of at least 4 members (excludes halogenated alkanes) is 33. The van der Waals surface area contributed by atoms with Crippen LogP contribution in [0.3, 0.4) is 0 Å². The topological polar surface area (TPSA) is 78.9 Å². The molecule has 1 unspecified atom stereocenters. The van der Waals surface area contributed by atoms with Gasteiger partial charge in [0, 0.05) is 19.3 Å². The zero-order chi connectivity index (χ0) is 58.5. The van der Waals surface area contributed by atoms with Gasteiger partial charge in [0.05, 0.1) is 0 Å². The molecule has 1 atom stereocenters. The Morgan fingerprint density at radius 1 is 0.259 bits per heavy atom. The Morgan fingerprint density at radius 3 is 0.778 bits per heavy atom. The van der Waals surface area contributed by atoms with E-state index in [0.29, 0.717) is 19.3 Å². The highest BCUT2D eigenvalue weighted by Crippen LogP contribution is 2.16. The van der Waals surface area contributed by atoms with Gasteiger partial charge in [0.15, 0.2) is 6.10 Å². The van der Waals surface area contributed by atoms with Crippen molar-refractivity contribution in [3.8, 4) is 0 Å². The molecule has 0 aromatic heterocycles.